The molecule has 174 valence electrons. The Bertz CT molecular complexity index is 1150. The number of hydrogen-bond acceptors (Lipinski definition) is 7. The summed E-state index contributed by atoms with van der Waals surface area (Å²) < 4.78 is 45.1. The second kappa shape index (κ2) is 8.68. The molecule has 0 aliphatic carbocycles. The number of nitrogens with zero attached hydrogens (tertiary/aromatic N) is 6. The Kier molecular flexibility index (Phi) is 5.91. The first-order valence-corrected chi connectivity index (χ1v) is 10.3. The molecular weight excluding hydrogens is 439 g/mol. The van der Waals surface area contributed by atoms with Crippen LogP contribution in [0.15, 0.2) is 36.8 Å². The molecule has 1 saturated heterocycles. The van der Waals surface area contributed by atoms with E-state index in [4.69, 9.17) is 4.74 Å². The van der Waals surface area contributed by atoms with Crippen LogP contribution in [0.25, 0.3) is 5.69 Å². The number of alkyl halides is 3. The van der Waals surface area contributed by atoms with Gasteiger partial charge in [0.05, 0.1) is 29.7 Å². The maximum atomic E-state index is 12.8. The number of halogens is 3. The molecule has 3 aromatic rings. The number of benzene rings is 1. The van der Waals surface area contributed by atoms with Crippen molar-refractivity contribution in [3.63, 3.8) is 0 Å². The van der Waals surface area contributed by atoms with E-state index in [1.54, 1.807) is 17.7 Å². The molecule has 33 heavy (non-hydrogen) atoms. The van der Waals surface area contributed by atoms with Gasteiger partial charge in [0.2, 0.25) is 11.9 Å². The summed E-state index contributed by atoms with van der Waals surface area (Å²) in [7, 11) is 0. The van der Waals surface area contributed by atoms with Crippen molar-refractivity contribution in [2.45, 2.75) is 45.5 Å². The number of carbonyl (C=O) groups is 1. The molecule has 1 aliphatic heterocycles. The molecule has 1 fully saturated rings. The van der Waals surface area contributed by atoms with E-state index in [1.165, 1.54) is 23.4 Å². The molecule has 2 atom stereocenters. The zero-order valence-corrected chi connectivity index (χ0v) is 18.2. The van der Waals surface area contributed by atoms with Crippen molar-refractivity contribution < 1.29 is 22.7 Å². The number of cyclic esters (lactones) is 1. The third kappa shape index (κ3) is 4.73. The molecule has 0 saturated carbocycles. The minimum absolute atomic E-state index is 0.149. The van der Waals surface area contributed by atoms with E-state index in [0.717, 1.165) is 12.1 Å². The molecule has 1 unspecified atom stereocenters. The Balaban J connectivity index is 1.51. The van der Waals surface area contributed by atoms with E-state index >= 15 is 0 Å². The third-order valence-corrected chi connectivity index (χ3v) is 5.27. The number of aryl methyl sites for hydroxylation is 1. The van der Waals surface area contributed by atoms with Crippen LogP contribution in [0, 0.1) is 6.92 Å². The number of ether oxygens (including phenoxy) is 1. The van der Waals surface area contributed by atoms with Gasteiger partial charge >= 0.3 is 12.3 Å². The molecule has 0 radical (unpaired) electrons. The summed E-state index contributed by atoms with van der Waals surface area (Å²) in [6.07, 6.45) is -0.966. The van der Waals surface area contributed by atoms with Crippen molar-refractivity contribution in [3.8, 4) is 5.69 Å². The number of nitrogens with one attached hydrogen (secondary N) is 1. The molecule has 0 spiro atoms. The van der Waals surface area contributed by atoms with Gasteiger partial charge in [-0.05, 0) is 44.5 Å². The maximum absolute atomic E-state index is 12.8. The van der Waals surface area contributed by atoms with Crippen LogP contribution in [0.2, 0.25) is 0 Å². The molecule has 9 nitrogen and oxygen atoms in total. The highest BCUT2D eigenvalue weighted by Crippen LogP contribution is 2.30. The first-order chi connectivity index (χ1) is 15.7. The highest BCUT2D eigenvalue weighted by molar-refractivity contribution is 5.88. The number of amides is 1. The van der Waals surface area contributed by atoms with Crippen molar-refractivity contribution in [1.29, 1.82) is 0 Å². The van der Waals surface area contributed by atoms with Gasteiger partial charge in [-0.15, -0.1) is 0 Å². The molecular formula is C21H22F3N7O2. The average Bonchev–Trinajstić information content (AvgIpc) is 3.39. The lowest BCUT2D eigenvalue weighted by Crippen LogP contribution is -2.34. The van der Waals surface area contributed by atoms with E-state index in [9.17, 15) is 18.0 Å². The van der Waals surface area contributed by atoms with Crippen LogP contribution in [0.1, 0.15) is 43.4 Å². The Labute approximate surface area is 187 Å². The average molecular weight is 461 g/mol. The zero-order valence-electron chi connectivity index (χ0n) is 18.2. The van der Waals surface area contributed by atoms with Gasteiger partial charge in [-0.3, -0.25) is 0 Å². The Morgan fingerprint density at radius 3 is 2.61 bits per heavy atom. The summed E-state index contributed by atoms with van der Waals surface area (Å²) in [4.78, 5) is 30.8. The van der Waals surface area contributed by atoms with Crippen molar-refractivity contribution in [2.24, 2.45) is 0 Å². The molecule has 4 rings (SSSR count). The maximum Gasteiger partial charge on any atom is 0.417 e. The van der Waals surface area contributed by atoms with E-state index in [1.807, 2.05) is 13.8 Å². The lowest BCUT2D eigenvalue weighted by molar-refractivity contribution is -0.137. The lowest BCUT2D eigenvalue weighted by atomic mass is 10.2. The molecule has 1 aromatic carbocycles. The summed E-state index contributed by atoms with van der Waals surface area (Å²) in [6.45, 7) is 5.77. The van der Waals surface area contributed by atoms with Gasteiger partial charge in [-0.1, -0.05) is 6.92 Å². The Morgan fingerprint density at radius 2 is 1.94 bits per heavy atom. The number of hydrogen-bond donors (Lipinski definition) is 1. The van der Waals surface area contributed by atoms with Crippen LogP contribution >= 0.6 is 0 Å². The predicted octanol–water partition coefficient (Wildman–Crippen LogP) is 4.29. The summed E-state index contributed by atoms with van der Waals surface area (Å²) >= 11 is 0. The van der Waals surface area contributed by atoms with Crippen molar-refractivity contribution >= 4 is 18.0 Å². The molecule has 3 heterocycles. The number of aromatic nitrogens is 5. The van der Waals surface area contributed by atoms with Gasteiger partial charge in [0.25, 0.3) is 0 Å². The van der Waals surface area contributed by atoms with Crippen LogP contribution < -0.4 is 10.2 Å². The SMILES string of the molecule is CC[C@H]1COC(=O)N1c1nc(C)nc(NC(C)c2cn(-c3ccc(C(F)(F)F)cc3)cn2)n1. The number of carbonyl (C=O) groups excluding carboxylic acids is 1. The largest absolute Gasteiger partial charge is 0.447 e. The summed E-state index contributed by atoms with van der Waals surface area (Å²) in [6, 6.07) is 4.34. The van der Waals surface area contributed by atoms with Gasteiger partial charge < -0.3 is 14.6 Å². The Hall–Kier alpha value is -3.70. The van der Waals surface area contributed by atoms with E-state index in [-0.39, 0.29) is 30.6 Å². The lowest BCUT2D eigenvalue weighted by Gasteiger charge is -2.19. The molecule has 12 heteroatoms. The zero-order chi connectivity index (χ0) is 23.8. The van der Waals surface area contributed by atoms with E-state index in [2.05, 4.69) is 25.3 Å². The molecule has 1 aliphatic rings. The molecule has 1 amide bonds. The Morgan fingerprint density at radius 1 is 1.21 bits per heavy atom. The minimum Gasteiger partial charge on any atom is -0.447 e. The van der Waals surface area contributed by atoms with Gasteiger partial charge in [-0.2, -0.15) is 28.1 Å². The second-order valence-corrected chi connectivity index (χ2v) is 7.63. The smallest absolute Gasteiger partial charge is 0.417 e. The molecule has 1 N–H and O–H groups in total. The van der Waals surface area contributed by atoms with Crippen LogP contribution in [0.3, 0.4) is 0 Å². The van der Waals surface area contributed by atoms with Crippen molar-refractivity contribution in [2.75, 3.05) is 16.8 Å². The van der Waals surface area contributed by atoms with Gasteiger partial charge in [-0.25, -0.2) is 14.7 Å². The van der Waals surface area contributed by atoms with Gasteiger partial charge in [0.1, 0.15) is 12.4 Å². The standard InChI is InChI=1S/C21H22F3N7O2/c1-4-15-10-33-20(32)31(15)19-28-13(3)27-18(29-19)26-12(2)17-9-30(11-25-17)16-7-5-14(6-8-16)21(22,23)24/h5-9,11-12,15H,4,10H2,1-3H3,(H,26,27,28,29)/t12?,15-/m0/s1. The fraction of sp³-hybridized carbons (Fsp3) is 0.381. The topological polar surface area (TPSA) is 98.1 Å². The van der Waals surface area contributed by atoms with Crippen molar-refractivity contribution in [1.82, 2.24) is 24.5 Å². The van der Waals surface area contributed by atoms with Crippen molar-refractivity contribution in [3.05, 3.63) is 53.9 Å². The van der Waals surface area contributed by atoms with E-state index < -0.39 is 17.8 Å². The quantitative estimate of drug-likeness (QED) is 0.585. The number of imidazole rings is 1. The normalized spacial score (nSPS) is 17.2. The molecule has 0 bridgehead atoms. The highest BCUT2D eigenvalue weighted by atomic mass is 19.4. The first kappa shape index (κ1) is 22.5. The second-order valence-electron chi connectivity index (χ2n) is 7.63. The monoisotopic (exact) mass is 461 g/mol. The van der Waals surface area contributed by atoms with Gasteiger partial charge in [0, 0.05) is 11.9 Å². The van der Waals surface area contributed by atoms with Crippen LogP contribution in [0.4, 0.5) is 29.9 Å². The van der Waals surface area contributed by atoms with Crippen LogP contribution in [0.5, 0.6) is 0 Å². The third-order valence-electron chi connectivity index (χ3n) is 5.27. The van der Waals surface area contributed by atoms with Crippen LogP contribution in [-0.2, 0) is 10.9 Å². The fourth-order valence-corrected chi connectivity index (χ4v) is 3.44. The minimum atomic E-state index is -4.39. The molecule has 2 aromatic heterocycles. The number of rotatable bonds is 6. The fourth-order valence-electron chi connectivity index (χ4n) is 3.44. The van der Waals surface area contributed by atoms with Gasteiger partial charge in [0.15, 0.2) is 0 Å². The predicted molar refractivity (Wildman–Crippen MR) is 113 cm³/mol. The summed E-state index contributed by atoms with van der Waals surface area (Å²) in [5.74, 6) is 0.907. The number of anilines is 2. The summed E-state index contributed by atoms with van der Waals surface area (Å²) in [5, 5.41) is 3.14. The van der Waals surface area contributed by atoms with E-state index in [0.29, 0.717) is 23.6 Å². The highest BCUT2D eigenvalue weighted by Gasteiger charge is 2.35. The van der Waals surface area contributed by atoms with Crippen LogP contribution in [-0.4, -0.2) is 43.2 Å². The first-order valence-electron chi connectivity index (χ1n) is 10.3. The summed E-state index contributed by atoms with van der Waals surface area (Å²) in [5.41, 5.74) is 0.460.